The van der Waals surface area contributed by atoms with Gasteiger partial charge in [0.25, 0.3) is 0 Å². The van der Waals surface area contributed by atoms with E-state index in [1.54, 1.807) is 0 Å². The molecule has 1 N–H and O–H groups in total. The van der Waals surface area contributed by atoms with E-state index in [0.717, 1.165) is 6.42 Å². The molecule has 0 aromatic heterocycles. The van der Waals surface area contributed by atoms with E-state index in [-0.39, 0.29) is 12.4 Å². The Morgan fingerprint density at radius 3 is 2.45 bits per heavy atom. The highest BCUT2D eigenvalue weighted by molar-refractivity contribution is 5.85. The number of aryl methyl sites for hydroxylation is 1. The van der Waals surface area contributed by atoms with Crippen LogP contribution in [0.4, 0.5) is 0 Å². The summed E-state index contributed by atoms with van der Waals surface area (Å²) in [5, 5.41) is 10.2. The van der Waals surface area contributed by atoms with Crippen LogP contribution in [0.3, 0.4) is 0 Å². The smallest absolute Gasteiger partial charge is 0.119 e. The summed E-state index contributed by atoms with van der Waals surface area (Å²) in [5.41, 5.74) is 2.53. The molecule has 0 bridgehead atoms. The van der Waals surface area contributed by atoms with Gasteiger partial charge in [-0.3, -0.25) is 4.90 Å². The largest absolute Gasteiger partial charge is 0.508 e. The molecule has 1 aromatic rings. The van der Waals surface area contributed by atoms with Crippen LogP contribution < -0.4 is 0 Å². The lowest BCUT2D eigenvalue weighted by molar-refractivity contribution is 0.157. The van der Waals surface area contributed by atoms with Crippen LogP contribution in [0.2, 0.25) is 0 Å². The maximum absolute atomic E-state index is 10.2. The molecule has 0 spiro atoms. The zero-order valence-electron chi connectivity index (χ0n) is 12.9. The van der Waals surface area contributed by atoms with E-state index in [1.807, 2.05) is 12.1 Å². The molecule has 2 unspecified atom stereocenters. The normalized spacial score (nSPS) is 21.4. The minimum atomic E-state index is 0. The molecule has 0 saturated carbocycles. The molecule has 2 atom stereocenters. The van der Waals surface area contributed by atoms with Crippen molar-refractivity contribution >= 4 is 12.4 Å². The second kappa shape index (κ2) is 7.90. The molecule has 2 rings (SSSR count). The van der Waals surface area contributed by atoms with Crippen molar-refractivity contribution in [3.05, 3.63) is 29.3 Å². The molecule has 1 aliphatic carbocycles. The fourth-order valence-electron chi connectivity index (χ4n) is 3.61. The third-order valence-electron chi connectivity index (χ3n) is 4.41. The van der Waals surface area contributed by atoms with Gasteiger partial charge in [-0.15, -0.1) is 12.4 Å². The van der Waals surface area contributed by atoms with Crippen molar-refractivity contribution in [2.24, 2.45) is 0 Å². The minimum absolute atomic E-state index is 0. The van der Waals surface area contributed by atoms with Crippen LogP contribution in [-0.4, -0.2) is 29.1 Å². The van der Waals surface area contributed by atoms with E-state index in [1.165, 1.54) is 43.5 Å². The average molecular weight is 298 g/mol. The topological polar surface area (TPSA) is 23.5 Å². The molecule has 0 radical (unpaired) electrons. The zero-order chi connectivity index (χ0) is 13.8. The van der Waals surface area contributed by atoms with Crippen molar-refractivity contribution in [1.29, 1.82) is 0 Å². The highest BCUT2D eigenvalue weighted by atomic mass is 35.5. The summed E-state index contributed by atoms with van der Waals surface area (Å²) in [4.78, 5) is 2.63. The van der Waals surface area contributed by atoms with E-state index < -0.39 is 0 Å². The summed E-state index contributed by atoms with van der Waals surface area (Å²) in [6.45, 7) is 9.13. The Balaban J connectivity index is 0.00000200. The predicted octanol–water partition coefficient (Wildman–Crippen LogP) is 4.35. The minimum Gasteiger partial charge on any atom is -0.508 e. The first-order chi connectivity index (χ1) is 9.19. The van der Waals surface area contributed by atoms with Crippen LogP contribution in [0.1, 0.15) is 57.1 Å². The highest BCUT2D eigenvalue weighted by Gasteiger charge is 2.31. The van der Waals surface area contributed by atoms with Crippen LogP contribution in [0.15, 0.2) is 18.2 Å². The summed E-state index contributed by atoms with van der Waals surface area (Å²) >= 11 is 0. The highest BCUT2D eigenvalue weighted by Crippen LogP contribution is 2.39. The van der Waals surface area contributed by atoms with Crippen LogP contribution in [-0.2, 0) is 6.42 Å². The molecule has 2 nitrogen and oxygen atoms in total. The Labute approximate surface area is 129 Å². The van der Waals surface area contributed by atoms with Crippen molar-refractivity contribution in [2.45, 2.75) is 58.4 Å². The Morgan fingerprint density at radius 1 is 1.20 bits per heavy atom. The molecule has 0 amide bonds. The van der Waals surface area contributed by atoms with Crippen molar-refractivity contribution in [2.75, 3.05) is 13.1 Å². The third-order valence-corrected chi connectivity index (χ3v) is 4.41. The van der Waals surface area contributed by atoms with Gasteiger partial charge in [-0.1, -0.05) is 32.9 Å². The maximum Gasteiger partial charge on any atom is 0.119 e. The number of benzene rings is 1. The lowest BCUT2D eigenvalue weighted by Crippen LogP contribution is -2.42. The van der Waals surface area contributed by atoms with Crippen LogP contribution in [0.25, 0.3) is 0 Å². The number of nitrogens with zero attached hydrogens (tertiary/aromatic N) is 1. The molecule has 0 heterocycles. The standard InChI is InChI=1S/C17H27NO.ClH/c1-4-11-18(12-5-2)15-10-9-14-7-6-8-16(19)17(14)13(15)3;/h6-8,13,15,19H,4-5,9-12H2,1-3H3;1H. The first kappa shape index (κ1) is 17.3. The molecular formula is C17H28ClNO. The van der Waals surface area contributed by atoms with E-state index in [2.05, 4.69) is 31.7 Å². The Kier molecular flexibility index (Phi) is 6.84. The lowest BCUT2D eigenvalue weighted by Gasteiger charge is -2.39. The molecule has 1 aliphatic rings. The SMILES string of the molecule is CCCN(CCC)C1CCc2cccc(O)c2C1C.Cl. The van der Waals surface area contributed by atoms with Gasteiger partial charge in [0.1, 0.15) is 5.75 Å². The zero-order valence-corrected chi connectivity index (χ0v) is 13.7. The fraction of sp³-hybridized carbons (Fsp3) is 0.647. The molecule has 0 saturated heterocycles. The van der Waals surface area contributed by atoms with Gasteiger partial charge in [0.15, 0.2) is 0 Å². The summed E-state index contributed by atoms with van der Waals surface area (Å²) in [7, 11) is 0. The van der Waals surface area contributed by atoms with Gasteiger partial charge in [0.2, 0.25) is 0 Å². The lowest BCUT2D eigenvalue weighted by atomic mass is 9.79. The third kappa shape index (κ3) is 3.48. The maximum atomic E-state index is 10.2. The molecule has 20 heavy (non-hydrogen) atoms. The number of aromatic hydroxyl groups is 1. The quantitative estimate of drug-likeness (QED) is 0.873. The van der Waals surface area contributed by atoms with E-state index in [4.69, 9.17) is 0 Å². The molecular weight excluding hydrogens is 270 g/mol. The number of hydrogen-bond acceptors (Lipinski definition) is 2. The monoisotopic (exact) mass is 297 g/mol. The van der Waals surface area contributed by atoms with Gasteiger partial charge in [-0.2, -0.15) is 0 Å². The van der Waals surface area contributed by atoms with Gasteiger partial charge >= 0.3 is 0 Å². The fourth-order valence-corrected chi connectivity index (χ4v) is 3.61. The summed E-state index contributed by atoms with van der Waals surface area (Å²) in [6.07, 6.45) is 4.73. The van der Waals surface area contributed by atoms with Crippen LogP contribution in [0.5, 0.6) is 5.75 Å². The van der Waals surface area contributed by atoms with Gasteiger partial charge in [0.05, 0.1) is 0 Å². The van der Waals surface area contributed by atoms with Gasteiger partial charge in [-0.25, -0.2) is 0 Å². The first-order valence-corrected chi connectivity index (χ1v) is 7.73. The second-order valence-electron chi connectivity index (χ2n) is 5.78. The number of rotatable bonds is 5. The van der Waals surface area contributed by atoms with E-state index in [9.17, 15) is 5.11 Å². The summed E-state index contributed by atoms with van der Waals surface area (Å²) in [5.74, 6) is 0.922. The predicted molar refractivity (Wildman–Crippen MR) is 88.0 cm³/mol. The summed E-state index contributed by atoms with van der Waals surface area (Å²) < 4.78 is 0. The average Bonchev–Trinajstić information content (AvgIpc) is 2.39. The summed E-state index contributed by atoms with van der Waals surface area (Å²) in [6, 6.07) is 6.56. The molecule has 1 aromatic carbocycles. The Hall–Kier alpha value is -0.730. The number of phenolic OH excluding ortho intramolecular Hbond substituents is 1. The van der Waals surface area contributed by atoms with Gasteiger partial charge < -0.3 is 5.11 Å². The molecule has 0 aliphatic heterocycles. The van der Waals surface area contributed by atoms with Crippen molar-refractivity contribution in [1.82, 2.24) is 4.90 Å². The molecule has 0 fully saturated rings. The number of halogens is 1. The molecule has 114 valence electrons. The number of phenols is 1. The Bertz CT molecular complexity index is 415. The van der Waals surface area contributed by atoms with Gasteiger partial charge in [-0.05, 0) is 50.4 Å². The van der Waals surface area contributed by atoms with Crippen molar-refractivity contribution in [3.63, 3.8) is 0 Å². The molecule has 3 heteroatoms. The van der Waals surface area contributed by atoms with Crippen LogP contribution in [0, 0.1) is 0 Å². The first-order valence-electron chi connectivity index (χ1n) is 7.73. The van der Waals surface area contributed by atoms with Gasteiger partial charge in [0, 0.05) is 17.5 Å². The number of hydrogen-bond donors (Lipinski definition) is 1. The Morgan fingerprint density at radius 2 is 1.85 bits per heavy atom. The van der Waals surface area contributed by atoms with Crippen molar-refractivity contribution in [3.8, 4) is 5.75 Å². The van der Waals surface area contributed by atoms with E-state index in [0.29, 0.717) is 17.7 Å². The number of fused-ring (bicyclic) bond motifs is 1. The second-order valence-corrected chi connectivity index (χ2v) is 5.78. The van der Waals surface area contributed by atoms with Crippen LogP contribution >= 0.6 is 12.4 Å². The van der Waals surface area contributed by atoms with E-state index >= 15 is 0 Å². The van der Waals surface area contributed by atoms with Crippen molar-refractivity contribution < 1.29 is 5.11 Å².